The second kappa shape index (κ2) is 12.8. The fourth-order valence-corrected chi connectivity index (χ4v) is 5.39. The van der Waals surface area contributed by atoms with Crippen molar-refractivity contribution in [2.75, 3.05) is 45.9 Å². The summed E-state index contributed by atoms with van der Waals surface area (Å²) < 4.78 is 8.04. The van der Waals surface area contributed by atoms with Crippen LogP contribution in [0.4, 0.5) is 0 Å². The van der Waals surface area contributed by atoms with Gasteiger partial charge in [0.1, 0.15) is 12.4 Å². The van der Waals surface area contributed by atoms with Crippen LogP contribution in [0.1, 0.15) is 30.4 Å². The minimum Gasteiger partial charge on any atom is -0.492 e. The third-order valence-corrected chi connectivity index (χ3v) is 7.47. The highest BCUT2D eigenvalue weighted by molar-refractivity contribution is 5.86. The van der Waals surface area contributed by atoms with Crippen LogP contribution >= 0.6 is 0 Å². The molecule has 2 bridgehead atoms. The molecule has 3 heterocycles. The number of para-hydroxylation sites is 1. The van der Waals surface area contributed by atoms with Crippen molar-refractivity contribution in [2.24, 2.45) is 5.92 Å². The lowest BCUT2D eigenvalue weighted by molar-refractivity contribution is -0.132. The zero-order valence-corrected chi connectivity index (χ0v) is 22.8. The summed E-state index contributed by atoms with van der Waals surface area (Å²) in [4.78, 5) is 41.4. The number of aromatic nitrogens is 2. The fourth-order valence-electron chi connectivity index (χ4n) is 5.39. The highest BCUT2D eigenvalue weighted by Gasteiger charge is 2.40. The number of hydrogen-bond donors (Lipinski definition) is 2. The zero-order valence-electron chi connectivity index (χ0n) is 22.8. The number of hydrogen-bond acceptors (Lipinski definition) is 6. The summed E-state index contributed by atoms with van der Waals surface area (Å²) in [6.07, 6.45) is 4.72. The van der Waals surface area contributed by atoms with Gasteiger partial charge in [-0.15, -0.1) is 0 Å². The van der Waals surface area contributed by atoms with E-state index in [4.69, 9.17) is 4.74 Å². The molecule has 40 heavy (non-hydrogen) atoms. The predicted molar refractivity (Wildman–Crippen MR) is 150 cm³/mol. The van der Waals surface area contributed by atoms with Crippen LogP contribution in [0.5, 0.6) is 5.75 Å². The molecule has 2 aromatic carbocycles. The maximum Gasteiger partial charge on any atom is 0.242 e. The maximum absolute atomic E-state index is 13.3. The summed E-state index contributed by atoms with van der Waals surface area (Å²) >= 11 is 0. The summed E-state index contributed by atoms with van der Waals surface area (Å²) in [5.74, 6) is -0.280. The molecule has 1 saturated heterocycles. The molecule has 0 unspecified atom stereocenters. The molecule has 2 aliphatic rings. The van der Waals surface area contributed by atoms with Crippen molar-refractivity contribution in [1.82, 2.24) is 30.2 Å². The summed E-state index contributed by atoms with van der Waals surface area (Å²) in [7, 11) is 0. The lowest BCUT2D eigenvalue weighted by atomic mass is 9.88. The van der Waals surface area contributed by atoms with Crippen molar-refractivity contribution < 1.29 is 19.1 Å². The number of nitrogens with one attached hydrogen (secondary N) is 2. The Morgan fingerprint density at radius 3 is 2.73 bits per heavy atom. The lowest BCUT2D eigenvalue weighted by Crippen LogP contribution is -2.40. The number of ether oxygens (including phenoxy) is 1. The van der Waals surface area contributed by atoms with E-state index in [1.54, 1.807) is 4.90 Å². The van der Waals surface area contributed by atoms with Crippen molar-refractivity contribution in [1.29, 1.82) is 0 Å². The van der Waals surface area contributed by atoms with Gasteiger partial charge in [-0.25, -0.2) is 4.68 Å². The summed E-state index contributed by atoms with van der Waals surface area (Å²) in [6, 6.07) is 17.8. The van der Waals surface area contributed by atoms with Crippen LogP contribution in [-0.4, -0.2) is 83.2 Å². The topological polar surface area (TPSA) is 109 Å². The average molecular weight is 545 g/mol. The number of likely N-dealkylation sites (tertiary alicyclic amines) is 1. The number of carbonyl (C=O) groups excluding carboxylic acids is 3. The van der Waals surface area contributed by atoms with Gasteiger partial charge in [0.2, 0.25) is 17.7 Å². The average Bonchev–Trinajstić information content (AvgIpc) is 3.62. The van der Waals surface area contributed by atoms with Crippen LogP contribution < -0.4 is 15.4 Å². The Hall–Kier alpha value is -4.18. The van der Waals surface area contributed by atoms with Crippen LogP contribution in [0.15, 0.2) is 67.0 Å². The van der Waals surface area contributed by atoms with Gasteiger partial charge < -0.3 is 20.3 Å². The van der Waals surface area contributed by atoms with Gasteiger partial charge in [0.05, 0.1) is 24.3 Å². The maximum atomic E-state index is 13.3. The van der Waals surface area contributed by atoms with Gasteiger partial charge >= 0.3 is 0 Å². The van der Waals surface area contributed by atoms with E-state index in [1.807, 2.05) is 71.7 Å². The Bertz CT molecular complexity index is 1330. The largest absolute Gasteiger partial charge is 0.492 e. The Labute approximate surface area is 234 Å². The first-order valence-corrected chi connectivity index (χ1v) is 13.8. The standard InChI is InChI=1S/C30H36N6O4/c1-22(37)32-17-29(38)35-20-27-24-7-5-10-26(15-24)40-14-13-34(12-6-11-31-30(39)28(27)21-35)18-23-16-33-36(19-23)25-8-3-2-4-9-25/h2-5,7-10,15-16,19,27-28H,6,11-14,17-18,20-21H2,1H3,(H,31,39)(H,32,37)/t27-,28+/m1/s1. The van der Waals surface area contributed by atoms with Crippen LogP contribution in [0.25, 0.3) is 5.69 Å². The van der Waals surface area contributed by atoms with Gasteiger partial charge in [-0.2, -0.15) is 5.10 Å². The third-order valence-electron chi connectivity index (χ3n) is 7.47. The Balaban J connectivity index is 1.27. The van der Waals surface area contributed by atoms with E-state index >= 15 is 0 Å². The second-order valence-electron chi connectivity index (χ2n) is 10.4. The first-order valence-electron chi connectivity index (χ1n) is 13.8. The predicted octanol–water partition coefficient (Wildman–Crippen LogP) is 1.95. The van der Waals surface area contributed by atoms with Crippen molar-refractivity contribution in [3.8, 4) is 11.4 Å². The quantitative estimate of drug-likeness (QED) is 0.508. The first-order chi connectivity index (χ1) is 19.5. The molecule has 2 atom stereocenters. The molecule has 0 radical (unpaired) electrons. The van der Waals surface area contributed by atoms with Gasteiger partial charge in [-0.1, -0.05) is 30.3 Å². The summed E-state index contributed by atoms with van der Waals surface area (Å²) in [5.41, 5.74) is 3.09. The normalized spacial score (nSPS) is 20.1. The van der Waals surface area contributed by atoms with Crippen molar-refractivity contribution in [3.63, 3.8) is 0 Å². The number of nitrogens with zero attached hydrogens (tertiary/aromatic N) is 4. The van der Waals surface area contributed by atoms with Gasteiger partial charge in [0.25, 0.3) is 0 Å². The molecule has 3 aromatic rings. The van der Waals surface area contributed by atoms with Gasteiger partial charge in [0.15, 0.2) is 0 Å². The SMILES string of the molecule is CC(=O)NCC(=O)N1C[C@@H]2C(=O)NCCCN(Cc3cnn(-c4ccccc4)c3)CCOc3cccc(c3)[C@H]2C1. The number of amides is 3. The van der Waals surface area contributed by atoms with E-state index in [0.717, 1.165) is 48.6 Å². The van der Waals surface area contributed by atoms with Crippen LogP contribution in [0, 0.1) is 5.92 Å². The first kappa shape index (κ1) is 27.4. The summed E-state index contributed by atoms with van der Waals surface area (Å²) in [6.45, 7) is 5.36. The van der Waals surface area contributed by atoms with E-state index in [0.29, 0.717) is 26.2 Å². The third kappa shape index (κ3) is 6.87. The highest BCUT2D eigenvalue weighted by Crippen LogP contribution is 2.34. The molecule has 0 spiro atoms. The molecule has 2 aliphatic heterocycles. The molecular weight excluding hydrogens is 508 g/mol. The molecule has 1 aromatic heterocycles. The van der Waals surface area contributed by atoms with Gasteiger partial charge in [-0.05, 0) is 36.2 Å². The molecule has 0 aliphatic carbocycles. The van der Waals surface area contributed by atoms with Crippen molar-refractivity contribution in [3.05, 3.63) is 78.1 Å². The molecular formula is C30H36N6O4. The van der Waals surface area contributed by atoms with Crippen molar-refractivity contribution in [2.45, 2.75) is 25.8 Å². The number of fused-ring (bicyclic) bond motifs is 4. The zero-order chi connectivity index (χ0) is 27.9. The smallest absolute Gasteiger partial charge is 0.242 e. The Kier molecular flexibility index (Phi) is 8.75. The van der Waals surface area contributed by atoms with Gasteiger partial charge in [-0.3, -0.25) is 19.3 Å². The molecule has 3 amide bonds. The molecule has 5 rings (SSSR count). The van der Waals surface area contributed by atoms with Crippen molar-refractivity contribution >= 4 is 17.7 Å². The number of carbonyl (C=O) groups is 3. The van der Waals surface area contributed by atoms with Crippen LogP contribution in [0.3, 0.4) is 0 Å². The van der Waals surface area contributed by atoms with Crippen LogP contribution in [-0.2, 0) is 20.9 Å². The lowest BCUT2D eigenvalue weighted by Gasteiger charge is -2.24. The van der Waals surface area contributed by atoms with Gasteiger partial charge in [0, 0.05) is 63.9 Å². The Morgan fingerprint density at radius 2 is 1.90 bits per heavy atom. The molecule has 1 fully saturated rings. The van der Waals surface area contributed by atoms with Crippen LogP contribution in [0.2, 0.25) is 0 Å². The molecule has 10 nitrogen and oxygen atoms in total. The molecule has 0 saturated carbocycles. The van der Waals surface area contributed by atoms with E-state index in [9.17, 15) is 14.4 Å². The highest BCUT2D eigenvalue weighted by atomic mass is 16.5. The molecule has 10 heteroatoms. The van der Waals surface area contributed by atoms with E-state index in [1.165, 1.54) is 6.92 Å². The van der Waals surface area contributed by atoms with E-state index in [-0.39, 0.29) is 36.1 Å². The minimum atomic E-state index is -0.376. The number of benzene rings is 2. The monoisotopic (exact) mass is 544 g/mol. The second-order valence-corrected chi connectivity index (χ2v) is 10.4. The minimum absolute atomic E-state index is 0.0566. The molecule has 210 valence electrons. The number of rotatable bonds is 5. The molecule has 2 N–H and O–H groups in total. The summed E-state index contributed by atoms with van der Waals surface area (Å²) in [5, 5.41) is 10.2. The van der Waals surface area contributed by atoms with E-state index < -0.39 is 0 Å². The van der Waals surface area contributed by atoms with E-state index in [2.05, 4.69) is 20.6 Å². The Morgan fingerprint density at radius 1 is 1.07 bits per heavy atom. The fraction of sp³-hybridized carbons (Fsp3) is 0.400.